The molecular weight excluding hydrogens is 138 g/mol. The van der Waals surface area contributed by atoms with E-state index in [1.165, 1.54) is 6.42 Å². The van der Waals surface area contributed by atoms with Crippen molar-refractivity contribution in [3.63, 3.8) is 0 Å². The van der Waals surface area contributed by atoms with E-state index in [1.807, 2.05) is 0 Å². The molecule has 0 saturated carbocycles. The van der Waals surface area contributed by atoms with Gasteiger partial charge in [0.05, 0.1) is 13.2 Å². The molecule has 0 bridgehead atoms. The zero-order chi connectivity index (χ0) is 8.27. The Morgan fingerprint density at radius 1 is 1.55 bits per heavy atom. The molecule has 0 aromatic heterocycles. The van der Waals surface area contributed by atoms with Crippen molar-refractivity contribution in [2.24, 2.45) is 5.92 Å². The first-order chi connectivity index (χ1) is 5.20. The molecule has 1 aliphatic heterocycles. The molecule has 0 amide bonds. The Hall–Kier alpha value is -0.0800. The zero-order valence-electron chi connectivity index (χ0n) is 7.84. The second-order valence-corrected chi connectivity index (χ2v) is 3.84. The van der Waals surface area contributed by atoms with Crippen LogP contribution in [0.3, 0.4) is 0 Å². The van der Waals surface area contributed by atoms with E-state index >= 15 is 0 Å². The van der Waals surface area contributed by atoms with Gasteiger partial charge in [-0.1, -0.05) is 13.8 Å². The third-order valence-corrected chi connectivity index (χ3v) is 2.27. The number of morpholine rings is 1. The number of hydrogen-bond donors (Lipinski definition) is 0. The Bertz CT molecular complexity index is 114. The van der Waals surface area contributed by atoms with Gasteiger partial charge >= 0.3 is 0 Å². The third-order valence-electron chi connectivity index (χ3n) is 2.27. The average molecular weight is 157 g/mol. The predicted molar refractivity (Wildman–Crippen MR) is 46.7 cm³/mol. The largest absolute Gasteiger partial charge is 0.378 e. The Kier molecular flexibility index (Phi) is 3.34. The average Bonchev–Trinajstić information content (AvgIpc) is 1.93. The van der Waals surface area contributed by atoms with E-state index in [0.717, 1.165) is 25.7 Å². The molecule has 2 nitrogen and oxygen atoms in total. The Morgan fingerprint density at radius 2 is 2.27 bits per heavy atom. The number of ether oxygens (including phenoxy) is 1. The number of hydrogen-bond acceptors (Lipinski definition) is 2. The van der Waals surface area contributed by atoms with Gasteiger partial charge in [-0.15, -0.1) is 0 Å². The molecule has 11 heavy (non-hydrogen) atoms. The van der Waals surface area contributed by atoms with E-state index in [2.05, 4.69) is 25.8 Å². The van der Waals surface area contributed by atoms with Crippen molar-refractivity contribution in [1.29, 1.82) is 0 Å². The van der Waals surface area contributed by atoms with Crippen molar-refractivity contribution in [3.8, 4) is 0 Å². The smallest absolute Gasteiger partial charge is 0.0622 e. The molecule has 0 spiro atoms. The molecule has 0 N–H and O–H groups in total. The van der Waals surface area contributed by atoms with Crippen molar-refractivity contribution < 1.29 is 4.74 Å². The summed E-state index contributed by atoms with van der Waals surface area (Å²) in [5, 5.41) is 0. The van der Waals surface area contributed by atoms with Crippen molar-refractivity contribution in [2.45, 2.75) is 26.3 Å². The highest BCUT2D eigenvalue weighted by molar-refractivity contribution is 4.73. The number of nitrogens with zero attached hydrogens (tertiary/aromatic N) is 1. The highest BCUT2D eigenvalue weighted by Gasteiger charge is 2.19. The van der Waals surface area contributed by atoms with Crippen molar-refractivity contribution >= 4 is 0 Å². The maximum Gasteiger partial charge on any atom is 0.0622 e. The summed E-state index contributed by atoms with van der Waals surface area (Å²) < 4.78 is 5.41. The molecule has 0 radical (unpaired) electrons. The molecule has 1 fully saturated rings. The van der Waals surface area contributed by atoms with Crippen LogP contribution in [-0.2, 0) is 4.74 Å². The minimum absolute atomic E-state index is 0.656. The fourth-order valence-electron chi connectivity index (χ4n) is 1.53. The van der Waals surface area contributed by atoms with E-state index in [0.29, 0.717) is 6.04 Å². The highest BCUT2D eigenvalue weighted by Crippen LogP contribution is 2.13. The van der Waals surface area contributed by atoms with Gasteiger partial charge in [0.25, 0.3) is 0 Å². The lowest BCUT2D eigenvalue weighted by Crippen LogP contribution is -2.43. The Labute approximate surface area is 69.5 Å². The van der Waals surface area contributed by atoms with Gasteiger partial charge in [-0.3, -0.25) is 4.90 Å². The van der Waals surface area contributed by atoms with E-state index in [9.17, 15) is 0 Å². The van der Waals surface area contributed by atoms with Gasteiger partial charge in [0.15, 0.2) is 0 Å². The summed E-state index contributed by atoms with van der Waals surface area (Å²) in [4.78, 5) is 2.41. The van der Waals surface area contributed by atoms with Gasteiger partial charge in [0.2, 0.25) is 0 Å². The van der Waals surface area contributed by atoms with Crippen LogP contribution in [0.1, 0.15) is 20.3 Å². The second-order valence-electron chi connectivity index (χ2n) is 3.84. The SMILES string of the molecule is CC(C)C[C@@H]1COCCN1C. The summed E-state index contributed by atoms with van der Waals surface area (Å²) in [6, 6.07) is 0.656. The first-order valence-corrected chi connectivity index (χ1v) is 4.48. The van der Waals surface area contributed by atoms with Crippen molar-refractivity contribution in [1.82, 2.24) is 4.90 Å². The summed E-state index contributed by atoms with van der Waals surface area (Å²) in [5.41, 5.74) is 0. The van der Waals surface area contributed by atoms with Crippen LogP contribution in [0.2, 0.25) is 0 Å². The maximum atomic E-state index is 5.41. The molecule has 2 heteroatoms. The summed E-state index contributed by atoms with van der Waals surface area (Å²) in [5.74, 6) is 0.782. The minimum Gasteiger partial charge on any atom is -0.378 e. The lowest BCUT2D eigenvalue weighted by molar-refractivity contribution is -0.00131. The summed E-state index contributed by atoms with van der Waals surface area (Å²) in [6.45, 7) is 7.46. The van der Waals surface area contributed by atoms with Crippen LogP contribution in [0.4, 0.5) is 0 Å². The molecular formula is C9H19NO. The Balaban J connectivity index is 2.29. The lowest BCUT2D eigenvalue weighted by atomic mass is 10.0. The molecule has 0 unspecified atom stereocenters. The first-order valence-electron chi connectivity index (χ1n) is 4.48. The monoisotopic (exact) mass is 157 g/mol. The molecule has 0 aliphatic carbocycles. The first kappa shape index (κ1) is 9.01. The van der Waals surface area contributed by atoms with E-state index in [4.69, 9.17) is 4.74 Å². The minimum atomic E-state index is 0.656. The van der Waals surface area contributed by atoms with Crippen LogP contribution in [0.25, 0.3) is 0 Å². The van der Waals surface area contributed by atoms with E-state index in [1.54, 1.807) is 0 Å². The third kappa shape index (κ3) is 2.80. The van der Waals surface area contributed by atoms with Crippen LogP contribution in [0.5, 0.6) is 0 Å². The van der Waals surface area contributed by atoms with Gasteiger partial charge in [0.1, 0.15) is 0 Å². The van der Waals surface area contributed by atoms with Gasteiger partial charge in [-0.2, -0.15) is 0 Å². The molecule has 1 atom stereocenters. The zero-order valence-corrected chi connectivity index (χ0v) is 7.84. The molecule has 0 aromatic carbocycles. The van der Waals surface area contributed by atoms with Crippen LogP contribution in [0, 0.1) is 5.92 Å². The standard InChI is InChI=1S/C9H19NO/c1-8(2)6-9-7-11-5-4-10(9)3/h8-9H,4-7H2,1-3H3/t9-/m1/s1. The molecule has 1 saturated heterocycles. The molecule has 0 aromatic rings. The van der Waals surface area contributed by atoms with Crippen molar-refractivity contribution in [2.75, 3.05) is 26.8 Å². The molecule has 1 rings (SSSR count). The fourth-order valence-corrected chi connectivity index (χ4v) is 1.53. The lowest BCUT2D eigenvalue weighted by Gasteiger charge is -2.33. The highest BCUT2D eigenvalue weighted by atomic mass is 16.5. The van der Waals surface area contributed by atoms with Gasteiger partial charge in [-0.25, -0.2) is 0 Å². The van der Waals surface area contributed by atoms with Crippen LogP contribution in [0.15, 0.2) is 0 Å². The summed E-state index contributed by atoms with van der Waals surface area (Å²) in [7, 11) is 2.19. The molecule has 1 aliphatic rings. The van der Waals surface area contributed by atoms with Crippen LogP contribution >= 0.6 is 0 Å². The maximum absolute atomic E-state index is 5.41. The summed E-state index contributed by atoms with van der Waals surface area (Å²) >= 11 is 0. The molecule has 1 heterocycles. The number of likely N-dealkylation sites (N-methyl/N-ethyl adjacent to an activating group) is 1. The summed E-state index contributed by atoms with van der Waals surface area (Å²) in [6.07, 6.45) is 1.26. The van der Waals surface area contributed by atoms with Crippen LogP contribution < -0.4 is 0 Å². The van der Waals surface area contributed by atoms with Crippen LogP contribution in [-0.4, -0.2) is 37.7 Å². The van der Waals surface area contributed by atoms with E-state index in [-0.39, 0.29) is 0 Å². The number of rotatable bonds is 2. The van der Waals surface area contributed by atoms with E-state index < -0.39 is 0 Å². The molecule has 66 valence electrons. The van der Waals surface area contributed by atoms with Gasteiger partial charge < -0.3 is 4.74 Å². The predicted octanol–water partition coefficient (Wildman–Crippen LogP) is 1.36. The van der Waals surface area contributed by atoms with Crippen molar-refractivity contribution in [3.05, 3.63) is 0 Å². The fraction of sp³-hybridized carbons (Fsp3) is 1.00. The topological polar surface area (TPSA) is 12.5 Å². The Morgan fingerprint density at radius 3 is 2.82 bits per heavy atom. The van der Waals surface area contributed by atoms with Gasteiger partial charge in [0, 0.05) is 12.6 Å². The normalized spacial score (nSPS) is 27.8. The second kappa shape index (κ2) is 4.07. The van der Waals surface area contributed by atoms with Gasteiger partial charge in [-0.05, 0) is 19.4 Å². The quantitative estimate of drug-likeness (QED) is 0.600.